The molecule has 2 heterocycles. The number of rotatable bonds is 4. The Balaban J connectivity index is 1.69. The highest BCUT2D eigenvalue weighted by molar-refractivity contribution is 5.91. The highest BCUT2D eigenvalue weighted by atomic mass is 16.1. The molecule has 0 aliphatic carbocycles. The number of anilines is 1. The minimum absolute atomic E-state index is 0.0162. The highest BCUT2D eigenvalue weighted by Gasteiger charge is 2.06. The van der Waals surface area contributed by atoms with Gasteiger partial charge in [0.2, 0.25) is 5.91 Å². The molecule has 0 radical (unpaired) electrons. The van der Waals surface area contributed by atoms with Crippen molar-refractivity contribution in [2.45, 2.75) is 12.8 Å². The monoisotopic (exact) mass is 266 g/mol. The van der Waals surface area contributed by atoms with Crippen LogP contribution in [0.15, 0.2) is 49.1 Å². The van der Waals surface area contributed by atoms with Gasteiger partial charge in [-0.1, -0.05) is 18.2 Å². The van der Waals surface area contributed by atoms with Crippen molar-refractivity contribution < 1.29 is 4.79 Å². The summed E-state index contributed by atoms with van der Waals surface area (Å²) in [7, 11) is 0. The van der Waals surface area contributed by atoms with Crippen molar-refractivity contribution in [1.82, 2.24) is 15.2 Å². The summed E-state index contributed by atoms with van der Waals surface area (Å²) in [5, 5.41) is 11.5. The Labute approximate surface area is 116 Å². The second kappa shape index (κ2) is 5.52. The molecule has 5 nitrogen and oxygen atoms in total. The predicted octanol–water partition coefficient (Wildman–Crippen LogP) is 2.53. The number of nitrogens with one attached hydrogen (secondary N) is 2. The van der Waals surface area contributed by atoms with Gasteiger partial charge in [-0.25, -0.2) is 0 Å². The molecule has 100 valence electrons. The second-order valence-electron chi connectivity index (χ2n) is 4.55. The second-order valence-corrected chi connectivity index (χ2v) is 4.55. The number of pyridine rings is 1. The number of aromatic amines is 1. The van der Waals surface area contributed by atoms with E-state index in [4.69, 9.17) is 0 Å². The Morgan fingerprint density at radius 2 is 2.20 bits per heavy atom. The average Bonchev–Trinajstić information content (AvgIpc) is 2.98. The van der Waals surface area contributed by atoms with Gasteiger partial charge in [0.1, 0.15) is 0 Å². The molecule has 0 fully saturated rings. The van der Waals surface area contributed by atoms with Gasteiger partial charge in [-0.05, 0) is 23.4 Å². The van der Waals surface area contributed by atoms with Gasteiger partial charge in [0.25, 0.3) is 0 Å². The Morgan fingerprint density at radius 1 is 1.25 bits per heavy atom. The molecule has 0 bridgehead atoms. The number of aromatic nitrogens is 3. The largest absolute Gasteiger partial charge is 0.323 e. The third kappa shape index (κ3) is 2.66. The van der Waals surface area contributed by atoms with E-state index >= 15 is 0 Å². The van der Waals surface area contributed by atoms with Crippen LogP contribution in [0, 0.1) is 0 Å². The Kier molecular flexibility index (Phi) is 3.41. The zero-order chi connectivity index (χ0) is 13.8. The van der Waals surface area contributed by atoms with E-state index in [1.165, 1.54) is 0 Å². The molecule has 20 heavy (non-hydrogen) atoms. The SMILES string of the molecule is O=C(CCc1cccc2cnccc12)Nc1cn[nH]c1. The van der Waals surface area contributed by atoms with E-state index in [1.807, 2.05) is 30.5 Å². The van der Waals surface area contributed by atoms with Gasteiger partial charge in [-0.3, -0.25) is 14.9 Å². The fourth-order valence-corrected chi connectivity index (χ4v) is 2.20. The van der Waals surface area contributed by atoms with Crippen molar-refractivity contribution in [2.24, 2.45) is 0 Å². The van der Waals surface area contributed by atoms with Gasteiger partial charge < -0.3 is 5.32 Å². The van der Waals surface area contributed by atoms with Crippen LogP contribution in [0.3, 0.4) is 0 Å². The first-order chi connectivity index (χ1) is 9.83. The minimum atomic E-state index is -0.0162. The highest BCUT2D eigenvalue weighted by Crippen LogP contribution is 2.19. The number of H-pyrrole nitrogens is 1. The standard InChI is InChI=1S/C15H14N4O/c20-15(19-13-9-17-18-10-13)5-4-11-2-1-3-12-8-16-7-6-14(11)12/h1-3,6-10H,4-5H2,(H,17,18)(H,19,20). The third-order valence-corrected chi connectivity index (χ3v) is 3.17. The lowest BCUT2D eigenvalue weighted by Gasteiger charge is -2.06. The summed E-state index contributed by atoms with van der Waals surface area (Å²) in [6.07, 6.45) is 7.99. The van der Waals surface area contributed by atoms with Crippen LogP contribution in [0.2, 0.25) is 0 Å². The van der Waals surface area contributed by atoms with Crippen molar-refractivity contribution in [3.63, 3.8) is 0 Å². The number of hydrogen-bond donors (Lipinski definition) is 2. The van der Waals surface area contributed by atoms with Crippen molar-refractivity contribution in [3.8, 4) is 0 Å². The molecule has 0 saturated carbocycles. The first-order valence-electron chi connectivity index (χ1n) is 6.43. The normalized spacial score (nSPS) is 10.6. The van der Waals surface area contributed by atoms with Crippen molar-refractivity contribution in [1.29, 1.82) is 0 Å². The van der Waals surface area contributed by atoms with Gasteiger partial charge in [-0.2, -0.15) is 5.10 Å². The Morgan fingerprint density at radius 3 is 3.05 bits per heavy atom. The van der Waals surface area contributed by atoms with Crippen LogP contribution >= 0.6 is 0 Å². The summed E-state index contributed by atoms with van der Waals surface area (Å²) in [5.41, 5.74) is 1.85. The summed E-state index contributed by atoms with van der Waals surface area (Å²) < 4.78 is 0. The molecular formula is C15H14N4O. The molecule has 0 saturated heterocycles. The summed E-state index contributed by atoms with van der Waals surface area (Å²) in [5.74, 6) is -0.0162. The molecule has 2 N–H and O–H groups in total. The van der Waals surface area contributed by atoms with Crippen LogP contribution in [0.4, 0.5) is 5.69 Å². The lowest BCUT2D eigenvalue weighted by Crippen LogP contribution is -2.11. The van der Waals surface area contributed by atoms with E-state index in [-0.39, 0.29) is 5.91 Å². The third-order valence-electron chi connectivity index (χ3n) is 3.17. The van der Waals surface area contributed by atoms with E-state index in [9.17, 15) is 4.79 Å². The Hall–Kier alpha value is -2.69. The summed E-state index contributed by atoms with van der Waals surface area (Å²) >= 11 is 0. The van der Waals surface area contributed by atoms with E-state index in [0.717, 1.165) is 16.3 Å². The van der Waals surface area contributed by atoms with Crippen molar-refractivity contribution in [2.75, 3.05) is 5.32 Å². The fraction of sp³-hybridized carbons (Fsp3) is 0.133. The number of aryl methyl sites for hydroxylation is 1. The molecule has 3 aromatic rings. The van der Waals surface area contributed by atoms with Gasteiger partial charge >= 0.3 is 0 Å². The average molecular weight is 266 g/mol. The summed E-state index contributed by atoms with van der Waals surface area (Å²) in [6, 6.07) is 8.05. The van der Waals surface area contributed by atoms with Gasteiger partial charge in [0.05, 0.1) is 11.9 Å². The first-order valence-corrected chi connectivity index (χ1v) is 6.43. The molecule has 1 amide bonds. The van der Waals surface area contributed by atoms with Gasteiger partial charge in [0.15, 0.2) is 0 Å². The predicted molar refractivity (Wildman–Crippen MR) is 77.3 cm³/mol. The molecule has 5 heteroatoms. The summed E-state index contributed by atoms with van der Waals surface area (Å²) in [6.45, 7) is 0. The number of hydrogen-bond acceptors (Lipinski definition) is 3. The van der Waals surface area contributed by atoms with E-state index in [1.54, 1.807) is 18.6 Å². The van der Waals surface area contributed by atoms with Gasteiger partial charge in [-0.15, -0.1) is 0 Å². The van der Waals surface area contributed by atoms with E-state index in [2.05, 4.69) is 20.5 Å². The van der Waals surface area contributed by atoms with Crippen molar-refractivity contribution >= 4 is 22.4 Å². The first kappa shape index (κ1) is 12.3. The van der Waals surface area contributed by atoms with E-state index in [0.29, 0.717) is 18.5 Å². The number of carbonyl (C=O) groups excluding carboxylic acids is 1. The number of fused-ring (bicyclic) bond motifs is 1. The number of benzene rings is 1. The van der Waals surface area contributed by atoms with Crippen LogP contribution in [-0.2, 0) is 11.2 Å². The number of nitrogens with zero attached hydrogens (tertiary/aromatic N) is 2. The number of carbonyl (C=O) groups is 1. The quantitative estimate of drug-likeness (QED) is 0.762. The molecule has 0 unspecified atom stereocenters. The van der Waals surface area contributed by atoms with E-state index < -0.39 is 0 Å². The Bertz CT molecular complexity index is 716. The molecule has 1 aromatic carbocycles. The van der Waals surface area contributed by atoms with Crippen LogP contribution < -0.4 is 5.32 Å². The van der Waals surface area contributed by atoms with Crippen LogP contribution in [0.1, 0.15) is 12.0 Å². The molecule has 0 atom stereocenters. The fourth-order valence-electron chi connectivity index (χ4n) is 2.20. The maximum Gasteiger partial charge on any atom is 0.224 e. The molecule has 0 aliphatic rings. The minimum Gasteiger partial charge on any atom is -0.323 e. The smallest absolute Gasteiger partial charge is 0.224 e. The topological polar surface area (TPSA) is 70.7 Å². The summed E-state index contributed by atoms with van der Waals surface area (Å²) in [4.78, 5) is 16.0. The number of amides is 1. The molecule has 3 rings (SSSR count). The van der Waals surface area contributed by atoms with Gasteiger partial charge in [0, 0.05) is 30.4 Å². The van der Waals surface area contributed by atoms with Crippen LogP contribution in [-0.4, -0.2) is 21.1 Å². The molecule has 0 aliphatic heterocycles. The molecule has 2 aromatic heterocycles. The van der Waals surface area contributed by atoms with Crippen LogP contribution in [0.25, 0.3) is 10.8 Å². The molecule has 0 spiro atoms. The lowest BCUT2D eigenvalue weighted by molar-refractivity contribution is -0.116. The van der Waals surface area contributed by atoms with Crippen LogP contribution in [0.5, 0.6) is 0 Å². The zero-order valence-corrected chi connectivity index (χ0v) is 10.8. The maximum atomic E-state index is 11.9. The molecular weight excluding hydrogens is 252 g/mol. The lowest BCUT2D eigenvalue weighted by atomic mass is 10.0. The zero-order valence-electron chi connectivity index (χ0n) is 10.8. The maximum absolute atomic E-state index is 11.9. The van der Waals surface area contributed by atoms with Crippen molar-refractivity contribution in [3.05, 3.63) is 54.6 Å².